The Labute approximate surface area is 177 Å². The van der Waals surface area contributed by atoms with Crippen molar-refractivity contribution in [2.75, 3.05) is 0 Å². The van der Waals surface area contributed by atoms with Crippen molar-refractivity contribution in [1.29, 1.82) is 0 Å². The van der Waals surface area contributed by atoms with Crippen molar-refractivity contribution in [2.24, 2.45) is 10.3 Å². The summed E-state index contributed by atoms with van der Waals surface area (Å²) in [5.74, 6) is 1.71. The standard InChI is InChI=1S/C18H16N4O3.2BrH/c23-19-11-15-3-7-21(8-4-15)13-17-1-2-18(25-17)14-22-9-5-16(6-10-22)12-20-24;;/h1-12H,13-14H2;2*1H. The van der Waals surface area contributed by atoms with Crippen LogP contribution < -0.4 is 43.1 Å². The molecule has 0 unspecified atom stereocenters. The number of aromatic nitrogens is 2. The first-order chi connectivity index (χ1) is 12.3. The van der Waals surface area contributed by atoms with Gasteiger partial charge in [-0.1, -0.05) is 10.3 Å². The summed E-state index contributed by atoms with van der Waals surface area (Å²) in [6.45, 7) is 1.24. The van der Waals surface area contributed by atoms with Gasteiger partial charge in [0.1, 0.15) is 0 Å². The number of rotatable bonds is 6. The molecule has 0 fully saturated rings. The third-order valence-electron chi connectivity index (χ3n) is 3.64. The van der Waals surface area contributed by atoms with Gasteiger partial charge in [0.2, 0.25) is 13.1 Å². The van der Waals surface area contributed by atoms with E-state index in [0.29, 0.717) is 13.1 Å². The van der Waals surface area contributed by atoms with E-state index in [1.807, 2.05) is 70.3 Å². The van der Waals surface area contributed by atoms with Crippen LogP contribution in [0.3, 0.4) is 0 Å². The summed E-state index contributed by atoms with van der Waals surface area (Å²) in [6.07, 6.45) is 10.4. The van der Waals surface area contributed by atoms with E-state index in [2.05, 4.69) is 10.3 Å². The minimum Gasteiger partial charge on any atom is -1.00 e. The van der Waals surface area contributed by atoms with Crippen LogP contribution in [0, 0.1) is 0 Å². The first-order valence-corrected chi connectivity index (χ1v) is 7.67. The quantitative estimate of drug-likeness (QED) is 0.156. The number of hydrogen-bond donors (Lipinski definition) is 2. The van der Waals surface area contributed by atoms with Gasteiger partial charge in [-0.3, -0.25) is 0 Å². The molecule has 0 saturated carbocycles. The van der Waals surface area contributed by atoms with E-state index in [1.54, 1.807) is 0 Å². The van der Waals surface area contributed by atoms with Gasteiger partial charge in [-0.25, -0.2) is 0 Å². The lowest BCUT2D eigenvalue weighted by atomic mass is 10.3. The van der Waals surface area contributed by atoms with Crippen LogP contribution in [-0.4, -0.2) is 22.8 Å². The van der Waals surface area contributed by atoms with E-state index < -0.39 is 0 Å². The summed E-state index contributed by atoms with van der Waals surface area (Å²) in [5.41, 5.74) is 1.65. The van der Waals surface area contributed by atoms with Gasteiger partial charge in [0, 0.05) is 35.4 Å². The monoisotopic (exact) mass is 496 g/mol. The molecule has 0 aliphatic heterocycles. The van der Waals surface area contributed by atoms with Crippen LogP contribution in [0.5, 0.6) is 0 Å². The van der Waals surface area contributed by atoms with Gasteiger partial charge in [0.05, 0.1) is 12.4 Å². The molecule has 7 nitrogen and oxygen atoms in total. The van der Waals surface area contributed by atoms with Crippen molar-refractivity contribution in [3.05, 3.63) is 83.8 Å². The van der Waals surface area contributed by atoms with Crippen molar-refractivity contribution in [3.63, 3.8) is 0 Å². The zero-order valence-corrected chi connectivity index (χ0v) is 17.4. The highest BCUT2D eigenvalue weighted by Gasteiger charge is 2.11. The third kappa shape index (κ3) is 6.61. The maximum Gasteiger partial charge on any atom is 0.205 e. The molecule has 27 heavy (non-hydrogen) atoms. The number of hydrogen-bond acceptors (Lipinski definition) is 5. The zero-order chi connectivity index (χ0) is 17.5. The molecular formula is C18H18Br2N4O3. The minimum atomic E-state index is 0. The van der Waals surface area contributed by atoms with E-state index in [0.717, 1.165) is 22.6 Å². The lowest BCUT2D eigenvalue weighted by Gasteiger charge is -1.96. The van der Waals surface area contributed by atoms with E-state index in [1.165, 1.54) is 12.4 Å². The molecule has 3 aromatic heterocycles. The summed E-state index contributed by atoms with van der Waals surface area (Å²) >= 11 is 0. The second kappa shape index (κ2) is 11.2. The number of pyridine rings is 2. The van der Waals surface area contributed by atoms with Crippen molar-refractivity contribution in [3.8, 4) is 0 Å². The summed E-state index contributed by atoms with van der Waals surface area (Å²) < 4.78 is 9.83. The predicted molar refractivity (Wildman–Crippen MR) is 88.9 cm³/mol. The van der Waals surface area contributed by atoms with Crippen LogP contribution >= 0.6 is 0 Å². The summed E-state index contributed by atoms with van der Waals surface area (Å²) in [7, 11) is 0. The first-order valence-electron chi connectivity index (χ1n) is 7.67. The molecule has 3 heterocycles. The molecule has 0 aromatic carbocycles. The Kier molecular flexibility index (Phi) is 9.38. The topological polar surface area (TPSA) is 86.1 Å². The zero-order valence-electron chi connectivity index (χ0n) is 14.2. The Morgan fingerprint density at radius 3 is 1.41 bits per heavy atom. The van der Waals surface area contributed by atoms with Crippen LogP contribution in [0.4, 0.5) is 0 Å². The molecule has 3 aromatic rings. The average Bonchev–Trinajstić information content (AvgIpc) is 3.06. The number of halogens is 2. The average molecular weight is 498 g/mol. The molecule has 0 radical (unpaired) electrons. The molecule has 2 N–H and O–H groups in total. The molecule has 9 heteroatoms. The second-order valence-electron chi connectivity index (χ2n) is 5.46. The van der Waals surface area contributed by atoms with Crippen molar-refractivity contribution in [2.45, 2.75) is 13.1 Å². The van der Waals surface area contributed by atoms with Gasteiger partial charge >= 0.3 is 0 Å². The Morgan fingerprint density at radius 1 is 0.704 bits per heavy atom. The SMILES string of the molecule is O/N=C/c1cc[n+](Cc2ccc(C[n+]3ccc(/C=N/O)cc3)o2)cc1.[Br-].[Br-]. The summed E-state index contributed by atoms with van der Waals surface area (Å²) in [5, 5.41) is 23.0. The van der Waals surface area contributed by atoms with E-state index in [9.17, 15) is 0 Å². The van der Waals surface area contributed by atoms with Crippen molar-refractivity contribution >= 4 is 12.4 Å². The van der Waals surface area contributed by atoms with Crippen LogP contribution in [-0.2, 0) is 13.1 Å². The fourth-order valence-corrected chi connectivity index (χ4v) is 2.41. The van der Waals surface area contributed by atoms with Crippen LogP contribution in [0.15, 0.2) is 75.9 Å². The van der Waals surface area contributed by atoms with Crippen LogP contribution in [0.1, 0.15) is 22.6 Å². The smallest absolute Gasteiger partial charge is 0.205 e. The lowest BCUT2D eigenvalue weighted by Crippen LogP contribution is -3.00. The number of oxime groups is 2. The van der Waals surface area contributed by atoms with Crippen molar-refractivity contribution < 1.29 is 57.9 Å². The molecule has 0 spiro atoms. The lowest BCUT2D eigenvalue weighted by molar-refractivity contribution is -0.692. The molecule has 0 saturated heterocycles. The fraction of sp³-hybridized carbons (Fsp3) is 0.111. The van der Waals surface area contributed by atoms with Gasteiger partial charge in [0.25, 0.3) is 0 Å². The van der Waals surface area contributed by atoms with Crippen LogP contribution in [0.25, 0.3) is 0 Å². The number of nitrogens with zero attached hydrogens (tertiary/aromatic N) is 4. The molecule has 0 aliphatic rings. The van der Waals surface area contributed by atoms with Gasteiger partial charge in [0.15, 0.2) is 36.3 Å². The Balaban J connectivity index is 0.00000182. The fourth-order valence-electron chi connectivity index (χ4n) is 2.41. The Bertz CT molecular complexity index is 806. The molecule has 0 bridgehead atoms. The van der Waals surface area contributed by atoms with E-state index in [4.69, 9.17) is 14.8 Å². The highest BCUT2D eigenvalue weighted by molar-refractivity contribution is 5.78. The highest BCUT2D eigenvalue weighted by Crippen LogP contribution is 2.07. The van der Waals surface area contributed by atoms with E-state index in [-0.39, 0.29) is 34.0 Å². The Morgan fingerprint density at radius 2 is 1.07 bits per heavy atom. The maximum atomic E-state index is 8.52. The second-order valence-corrected chi connectivity index (χ2v) is 5.46. The maximum absolute atomic E-state index is 8.52. The third-order valence-corrected chi connectivity index (χ3v) is 3.64. The molecule has 0 atom stereocenters. The van der Waals surface area contributed by atoms with E-state index >= 15 is 0 Å². The van der Waals surface area contributed by atoms with Gasteiger partial charge in [-0.15, -0.1) is 0 Å². The molecule has 142 valence electrons. The number of furan rings is 1. The van der Waals surface area contributed by atoms with Gasteiger partial charge < -0.3 is 48.8 Å². The molecule has 3 rings (SSSR count). The predicted octanol–water partition coefficient (Wildman–Crippen LogP) is -4.42. The first kappa shape index (κ1) is 22.5. The van der Waals surface area contributed by atoms with Gasteiger partial charge in [-0.2, -0.15) is 9.13 Å². The van der Waals surface area contributed by atoms with Crippen LogP contribution in [0.2, 0.25) is 0 Å². The molecular weight excluding hydrogens is 480 g/mol. The Hall–Kier alpha value is -2.52. The normalized spacial score (nSPS) is 10.7. The highest BCUT2D eigenvalue weighted by atomic mass is 79.9. The largest absolute Gasteiger partial charge is 1.00 e. The molecule has 0 amide bonds. The summed E-state index contributed by atoms with van der Waals surface area (Å²) in [4.78, 5) is 0. The molecule has 0 aliphatic carbocycles. The summed E-state index contributed by atoms with van der Waals surface area (Å²) in [6, 6.07) is 11.3. The minimum absolute atomic E-state index is 0. The van der Waals surface area contributed by atoms with Crippen molar-refractivity contribution in [1.82, 2.24) is 0 Å². The van der Waals surface area contributed by atoms with Gasteiger partial charge in [-0.05, 0) is 12.1 Å².